The van der Waals surface area contributed by atoms with Crippen LogP contribution in [0, 0.1) is 0 Å². The molecule has 1 saturated heterocycles. The molecule has 118 valence electrons. The lowest BCUT2D eigenvalue weighted by molar-refractivity contribution is 0.258. The average Bonchev–Trinajstić information content (AvgIpc) is 2.47. The van der Waals surface area contributed by atoms with E-state index in [0.717, 1.165) is 24.1 Å². The van der Waals surface area contributed by atoms with Gasteiger partial charge < -0.3 is 15.1 Å². The summed E-state index contributed by atoms with van der Waals surface area (Å²) in [6.45, 7) is 7.70. The van der Waals surface area contributed by atoms with Crippen LogP contribution in [0.4, 0.5) is 5.69 Å². The van der Waals surface area contributed by atoms with E-state index in [1.807, 2.05) is 0 Å². The topological polar surface area (TPSA) is 18.5 Å². The maximum Gasteiger partial charge on any atom is 0.0415 e. The second-order valence-corrected chi connectivity index (χ2v) is 7.10. The minimum absolute atomic E-state index is 0.377. The van der Waals surface area contributed by atoms with Gasteiger partial charge in [-0.1, -0.05) is 22.9 Å². The molecular formula is C17H28BrN3. The number of hydrogen-bond acceptors (Lipinski definition) is 3. The quantitative estimate of drug-likeness (QED) is 0.871. The summed E-state index contributed by atoms with van der Waals surface area (Å²) >= 11 is 3.62. The summed E-state index contributed by atoms with van der Waals surface area (Å²) in [4.78, 5) is 4.92. The van der Waals surface area contributed by atoms with Gasteiger partial charge in [0.2, 0.25) is 0 Å². The van der Waals surface area contributed by atoms with E-state index in [1.165, 1.54) is 24.1 Å². The summed E-state index contributed by atoms with van der Waals surface area (Å²) in [6, 6.07) is 7.73. The first kappa shape index (κ1) is 16.8. The van der Waals surface area contributed by atoms with Gasteiger partial charge in [0, 0.05) is 35.3 Å². The van der Waals surface area contributed by atoms with Gasteiger partial charge in [-0.25, -0.2) is 0 Å². The highest BCUT2D eigenvalue weighted by atomic mass is 79.9. The van der Waals surface area contributed by atoms with Crippen LogP contribution in [0.1, 0.15) is 38.3 Å². The average molecular weight is 354 g/mol. The van der Waals surface area contributed by atoms with Crippen LogP contribution in [-0.4, -0.2) is 44.7 Å². The van der Waals surface area contributed by atoms with Crippen LogP contribution in [-0.2, 0) is 0 Å². The second kappa shape index (κ2) is 7.61. The van der Waals surface area contributed by atoms with Crippen molar-refractivity contribution in [1.82, 2.24) is 10.2 Å². The van der Waals surface area contributed by atoms with E-state index in [9.17, 15) is 0 Å². The Morgan fingerprint density at radius 2 is 2.19 bits per heavy atom. The summed E-state index contributed by atoms with van der Waals surface area (Å²) in [6.07, 6.45) is 2.58. The first-order valence-corrected chi connectivity index (χ1v) is 8.76. The van der Waals surface area contributed by atoms with Gasteiger partial charge in [0.15, 0.2) is 0 Å². The van der Waals surface area contributed by atoms with Crippen molar-refractivity contribution in [3.8, 4) is 0 Å². The van der Waals surface area contributed by atoms with Crippen molar-refractivity contribution >= 4 is 21.6 Å². The van der Waals surface area contributed by atoms with Gasteiger partial charge >= 0.3 is 0 Å². The molecule has 0 bridgehead atoms. The molecule has 4 heteroatoms. The van der Waals surface area contributed by atoms with Gasteiger partial charge in [-0.15, -0.1) is 0 Å². The fourth-order valence-electron chi connectivity index (χ4n) is 3.17. The first-order chi connectivity index (χ1) is 10.0. The zero-order valence-electron chi connectivity index (χ0n) is 13.7. The molecule has 0 amide bonds. The van der Waals surface area contributed by atoms with Crippen LogP contribution >= 0.6 is 15.9 Å². The van der Waals surface area contributed by atoms with Crippen LogP contribution < -0.4 is 10.2 Å². The predicted octanol–water partition coefficient (Wildman–Crippen LogP) is 3.65. The fraction of sp³-hybridized carbons (Fsp3) is 0.647. The van der Waals surface area contributed by atoms with Crippen LogP contribution in [0.25, 0.3) is 0 Å². The number of nitrogens with one attached hydrogen (secondary N) is 1. The molecule has 1 aliphatic heterocycles. The SMILES string of the molecule is CCNC(C)c1cc(Br)ccc1N1CCCC(N(C)C)C1. The lowest BCUT2D eigenvalue weighted by Crippen LogP contribution is -2.45. The van der Waals surface area contributed by atoms with E-state index < -0.39 is 0 Å². The van der Waals surface area contributed by atoms with Gasteiger partial charge in [0.25, 0.3) is 0 Å². The van der Waals surface area contributed by atoms with Crippen molar-refractivity contribution in [2.75, 3.05) is 38.6 Å². The van der Waals surface area contributed by atoms with Crippen molar-refractivity contribution in [3.63, 3.8) is 0 Å². The Morgan fingerprint density at radius 1 is 1.43 bits per heavy atom. The van der Waals surface area contributed by atoms with E-state index in [4.69, 9.17) is 0 Å². The molecule has 1 heterocycles. The van der Waals surface area contributed by atoms with Crippen molar-refractivity contribution in [3.05, 3.63) is 28.2 Å². The molecule has 0 spiro atoms. The number of halogens is 1. The molecule has 0 saturated carbocycles. The van der Waals surface area contributed by atoms with Crippen LogP contribution in [0.15, 0.2) is 22.7 Å². The highest BCUT2D eigenvalue weighted by molar-refractivity contribution is 9.10. The van der Waals surface area contributed by atoms with Crippen LogP contribution in [0.2, 0.25) is 0 Å². The van der Waals surface area contributed by atoms with Crippen molar-refractivity contribution in [2.45, 2.75) is 38.8 Å². The van der Waals surface area contributed by atoms with E-state index >= 15 is 0 Å². The van der Waals surface area contributed by atoms with Crippen LogP contribution in [0.3, 0.4) is 0 Å². The third kappa shape index (κ3) is 4.21. The Balaban J connectivity index is 2.25. The zero-order valence-corrected chi connectivity index (χ0v) is 15.3. The Bertz CT molecular complexity index is 461. The molecule has 0 aromatic heterocycles. The molecule has 1 N–H and O–H groups in total. The Labute approximate surface area is 137 Å². The number of anilines is 1. The van der Waals surface area contributed by atoms with Crippen LogP contribution in [0.5, 0.6) is 0 Å². The molecule has 2 rings (SSSR count). The molecule has 3 nitrogen and oxygen atoms in total. The summed E-state index contributed by atoms with van der Waals surface area (Å²) in [5.41, 5.74) is 2.78. The third-order valence-corrected chi connectivity index (χ3v) is 4.93. The number of hydrogen-bond donors (Lipinski definition) is 1. The van der Waals surface area contributed by atoms with Gasteiger partial charge in [-0.2, -0.15) is 0 Å². The predicted molar refractivity (Wildman–Crippen MR) is 95.2 cm³/mol. The smallest absolute Gasteiger partial charge is 0.0415 e. The lowest BCUT2D eigenvalue weighted by Gasteiger charge is -2.39. The molecule has 0 aliphatic carbocycles. The molecule has 2 unspecified atom stereocenters. The third-order valence-electron chi connectivity index (χ3n) is 4.43. The summed E-state index contributed by atoms with van der Waals surface area (Å²) in [5.74, 6) is 0. The van der Waals surface area contributed by atoms with E-state index in [1.54, 1.807) is 0 Å². The van der Waals surface area contributed by atoms with Gasteiger partial charge in [0.1, 0.15) is 0 Å². The lowest BCUT2D eigenvalue weighted by atomic mass is 10.00. The normalized spacial score (nSPS) is 20.9. The fourth-order valence-corrected chi connectivity index (χ4v) is 3.55. The number of benzene rings is 1. The summed E-state index contributed by atoms with van der Waals surface area (Å²) in [5, 5.41) is 3.54. The monoisotopic (exact) mass is 353 g/mol. The maximum absolute atomic E-state index is 3.62. The van der Waals surface area contributed by atoms with Crippen molar-refractivity contribution < 1.29 is 0 Å². The molecule has 0 radical (unpaired) electrons. The number of likely N-dealkylation sites (N-methyl/N-ethyl adjacent to an activating group) is 1. The van der Waals surface area contributed by atoms with Crippen molar-refractivity contribution in [2.24, 2.45) is 0 Å². The molecule has 1 aromatic rings. The van der Waals surface area contributed by atoms with Gasteiger partial charge in [-0.05, 0) is 64.2 Å². The largest absolute Gasteiger partial charge is 0.370 e. The molecule has 1 aromatic carbocycles. The molecule has 2 atom stereocenters. The number of piperidine rings is 1. The highest BCUT2D eigenvalue weighted by Crippen LogP contribution is 2.31. The first-order valence-electron chi connectivity index (χ1n) is 7.97. The zero-order chi connectivity index (χ0) is 15.4. The second-order valence-electron chi connectivity index (χ2n) is 6.19. The number of rotatable bonds is 5. The van der Waals surface area contributed by atoms with Crippen molar-refractivity contribution in [1.29, 1.82) is 0 Å². The Kier molecular flexibility index (Phi) is 6.08. The molecule has 1 aliphatic rings. The van der Waals surface area contributed by atoms with E-state index in [0.29, 0.717) is 12.1 Å². The number of nitrogens with zero attached hydrogens (tertiary/aromatic N) is 2. The standard InChI is InChI=1S/C17H28BrN3/c1-5-19-13(2)16-11-14(18)8-9-17(16)21-10-6-7-15(12-21)20(3)4/h8-9,11,13,15,19H,5-7,10,12H2,1-4H3. The maximum atomic E-state index is 3.62. The minimum Gasteiger partial charge on any atom is -0.370 e. The van der Waals surface area contributed by atoms with E-state index in [-0.39, 0.29) is 0 Å². The molecular weight excluding hydrogens is 326 g/mol. The molecule has 1 fully saturated rings. The summed E-state index contributed by atoms with van der Waals surface area (Å²) < 4.78 is 1.16. The molecule has 21 heavy (non-hydrogen) atoms. The summed E-state index contributed by atoms with van der Waals surface area (Å²) in [7, 11) is 4.38. The van der Waals surface area contributed by atoms with Gasteiger partial charge in [-0.3, -0.25) is 0 Å². The van der Waals surface area contributed by atoms with E-state index in [2.05, 4.69) is 77.2 Å². The Hall–Kier alpha value is -0.580. The minimum atomic E-state index is 0.377. The Morgan fingerprint density at radius 3 is 2.86 bits per heavy atom. The highest BCUT2D eigenvalue weighted by Gasteiger charge is 2.24. The van der Waals surface area contributed by atoms with Gasteiger partial charge in [0.05, 0.1) is 0 Å².